The topological polar surface area (TPSA) is 70.2 Å². The van der Waals surface area contributed by atoms with Crippen LogP contribution < -0.4 is 4.90 Å². The van der Waals surface area contributed by atoms with Crippen molar-refractivity contribution in [3.05, 3.63) is 64.7 Å². The lowest BCUT2D eigenvalue weighted by Crippen LogP contribution is -2.49. The zero-order valence-electron chi connectivity index (χ0n) is 18.0. The molecule has 4 rings (SSSR count). The van der Waals surface area contributed by atoms with Crippen LogP contribution in [-0.4, -0.2) is 73.0 Å². The van der Waals surface area contributed by atoms with Crippen LogP contribution in [0.25, 0.3) is 0 Å². The zero-order valence-corrected chi connectivity index (χ0v) is 18.8. The largest absolute Gasteiger partial charge is 0.379 e. The molecule has 1 atom stereocenters. The molecule has 2 aliphatic rings. The van der Waals surface area contributed by atoms with E-state index < -0.39 is 6.04 Å². The summed E-state index contributed by atoms with van der Waals surface area (Å²) < 4.78 is 5.40. The Balaban J connectivity index is 1.58. The van der Waals surface area contributed by atoms with Crippen LogP contribution >= 0.6 is 11.6 Å². The van der Waals surface area contributed by atoms with Gasteiger partial charge in [0.1, 0.15) is 6.04 Å². The monoisotopic (exact) mass is 455 g/mol. The molecule has 0 N–H and O–H groups in total. The Morgan fingerprint density at radius 2 is 1.72 bits per heavy atom. The third-order valence-electron chi connectivity index (χ3n) is 5.90. The lowest BCUT2D eigenvalue weighted by molar-refractivity contribution is -0.122. The normalized spacial score (nSPS) is 19.4. The molecule has 2 aromatic carbocycles. The Bertz CT molecular complexity index is 987. The van der Waals surface area contributed by atoms with E-state index in [2.05, 4.69) is 4.90 Å². The number of morpholine rings is 1. The van der Waals surface area contributed by atoms with E-state index in [1.807, 2.05) is 19.1 Å². The molecule has 0 aromatic heterocycles. The predicted molar refractivity (Wildman–Crippen MR) is 122 cm³/mol. The standard InChI is InChI=1S/C24H26ClN3O4/c1-17-2-4-18(5-3-17)23(30)27(11-10-26-12-14-32-15-13-26)21-16-22(29)28(24(21)31)20-8-6-19(25)7-9-20/h2-9,21H,10-16H2,1H3. The minimum Gasteiger partial charge on any atom is -0.379 e. The number of aryl methyl sites for hydroxylation is 1. The van der Waals surface area contributed by atoms with E-state index >= 15 is 0 Å². The van der Waals surface area contributed by atoms with Crippen molar-refractivity contribution in [2.75, 3.05) is 44.3 Å². The Morgan fingerprint density at radius 1 is 1.06 bits per heavy atom. The lowest BCUT2D eigenvalue weighted by atomic mass is 10.1. The first-order valence-corrected chi connectivity index (χ1v) is 11.1. The van der Waals surface area contributed by atoms with Gasteiger partial charge >= 0.3 is 0 Å². The molecule has 7 nitrogen and oxygen atoms in total. The summed E-state index contributed by atoms with van der Waals surface area (Å²) in [7, 11) is 0. The average molecular weight is 456 g/mol. The first kappa shape index (κ1) is 22.5. The first-order valence-electron chi connectivity index (χ1n) is 10.7. The van der Waals surface area contributed by atoms with Gasteiger partial charge in [0.15, 0.2) is 0 Å². The maximum absolute atomic E-state index is 13.4. The van der Waals surface area contributed by atoms with Crippen LogP contribution in [0.1, 0.15) is 22.3 Å². The molecule has 0 aliphatic carbocycles. The van der Waals surface area contributed by atoms with Crippen LogP contribution in [0.15, 0.2) is 48.5 Å². The number of benzene rings is 2. The fourth-order valence-corrected chi connectivity index (χ4v) is 4.18. The maximum atomic E-state index is 13.4. The van der Waals surface area contributed by atoms with E-state index in [1.165, 1.54) is 0 Å². The molecule has 168 valence electrons. The van der Waals surface area contributed by atoms with E-state index in [-0.39, 0.29) is 24.1 Å². The Morgan fingerprint density at radius 3 is 2.38 bits per heavy atom. The fraction of sp³-hybridized carbons (Fsp3) is 0.375. The molecule has 0 radical (unpaired) electrons. The molecule has 1 unspecified atom stereocenters. The number of nitrogens with zero attached hydrogens (tertiary/aromatic N) is 3. The number of hydrogen-bond donors (Lipinski definition) is 0. The van der Waals surface area contributed by atoms with Crippen LogP contribution in [0.2, 0.25) is 5.02 Å². The highest BCUT2D eigenvalue weighted by molar-refractivity contribution is 6.31. The number of halogens is 1. The molecule has 0 saturated carbocycles. The molecule has 2 heterocycles. The zero-order chi connectivity index (χ0) is 22.7. The van der Waals surface area contributed by atoms with E-state index in [0.717, 1.165) is 23.6 Å². The predicted octanol–water partition coefficient (Wildman–Crippen LogP) is 2.75. The highest BCUT2D eigenvalue weighted by atomic mass is 35.5. The molecule has 0 bridgehead atoms. The van der Waals surface area contributed by atoms with Gasteiger partial charge in [-0.2, -0.15) is 0 Å². The van der Waals surface area contributed by atoms with Crippen LogP contribution in [0, 0.1) is 6.92 Å². The first-order chi connectivity index (χ1) is 15.4. The van der Waals surface area contributed by atoms with Gasteiger partial charge in [-0.25, -0.2) is 4.90 Å². The van der Waals surface area contributed by atoms with Crippen molar-refractivity contribution in [2.45, 2.75) is 19.4 Å². The molecule has 8 heteroatoms. The van der Waals surface area contributed by atoms with Crippen LogP contribution in [0.3, 0.4) is 0 Å². The summed E-state index contributed by atoms with van der Waals surface area (Å²) in [6.07, 6.45) is -0.0395. The van der Waals surface area contributed by atoms with Gasteiger partial charge in [0.05, 0.1) is 25.3 Å². The van der Waals surface area contributed by atoms with Gasteiger partial charge in [-0.05, 0) is 43.3 Å². The van der Waals surface area contributed by atoms with E-state index in [4.69, 9.17) is 16.3 Å². The van der Waals surface area contributed by atoms with E-state index in [9.17, 15) is 14.4 Å². The van der Waals surface area contributed by atoms with Crippen molar-refractivity contribution in [1.82, 2.24) is 9.80 Å². The Labute approximate surface area is 192 Å². The minimum absolute atomic E-state index is 0.0395. The molecule has 2 saturated heterocycles. The van der Waals surface area contributed by atoms with Gasteiger partial charge in [0.25, 0.3) is 11.8 Å². The van der Waals surface area contributed by atoms with Crippen molar-refractivity contribution in [1.29, 1.82) is 0 Å². The number of imide groups is 1. The summed E-state index contributed by atoms with van der Waals surface area (Å²) in [6, 6.07) is 13.0. The third kappa shape index (κ3) is 4.85. The summed E-state index contributed by atoms with van der Waals surface area (Å²) >= 11 is 5.95. The third-order valence-corrected chi connectivity index (χ3v) is 6.16. The number of carbonyl (C=O) groups is 3. The van der Waals surface area contributed by atoms with Gasteiger partial charge in [-0.3, -0.25) is 19.3 Å². The second-order valence-electron chi connectivity index (χ2n) is 8.08. The number of rotatable bonds is 6. The molecular weight excluding hydrogens is 430 g/mol. The summed E-state index contributed by atoms with van der Waals surface area (Å²) in [4.78, 5) is 44.5. The molecule has 2 aliphatic heterocycles. The van der Waals surface area contributed by atoms with Gasteiger partial charge in [0.2, 0.25) is 5.91 Å². The summed E-state index contributed by atoms with van der Waals surface area (Å²) in [5.41, 5.74) is 2.01. The highest BCUT2D eigenvalue weighted by Gasteiger charge is 2.44. The molecule has 2 aromatic rings. The Hall–Kier alpha value is -2.74. The summed E-state index contributed by atoms with van der Waals surface area (Å²) in [6.45, 7) is 5.77. The summed E-state index contributed by atoms with van der Waals surface area (Å²) in [5.74, 6) is -0.961. The van der Waals surface area contributed by atoms with Crippen molar-refractivity contribution in [3.63, 3.8) is 0 Å². The minimum atomic E-state index is -0.840. The quantitative estimate of drug-likeness (QED) is 0.626. The Kier molecular flexibility index (Phi) is 6.89. The van der Waals surface area contributed by atoms with Crippen molar-refractivity contribution >= 4 is 35.0 Å². The smallest absolute Gasteiger partial charge is 0.257 e. The number of amides is 3. The number of hydrogen-bond acceptors (Lipinski definition) is 5. The number of ether oxygens (including phenoxy) is 1. The maximum Gasteiger partial charge on any atom is 0.257 e. The van der Waals surface area contributed by atoms with Gasteiger partial charge in [0, 0.05) is 36.8 Å². The molecule has 0 spiro atoms. The van der Waals surface area contributed by atoms with E-state index in [1.54, 1.807) is 41.3 Å². The molecule has 3 amide bonds. The van der Waals surface area contributed by atoms with Crippen LogP contribution in [0.4, 0.5) is 5.69 Å². The number of anilines is 1. The summed E-state index contributed by atoms with van der Waals surface area (Å²) in [5, 5.41) is 0.520. The van der Waals surface area contributed by atoms with Gasteiger partial charge in [-0.15, -0.1) is 0 Å². The second kappa shape index (κ2) is 9.81. The molecular formula is C24H26ClN3O4. The van der Waals surface area contributed by atoms with Crippen molar-refractivity contribution < 1.29 is 19.1 Å². The van der Waals surface area contributed by atoms with Crippen LogP contribution in [0.5, 0.6) is 0 Å². The molecule has 32 heavy (non-hydrogen) atoms. The van der Waals surface area contributed by atoms with Crippen molar-refractivity contribution in [3.8, 4) is 0 Å². The van der Waals surface area contributed by atoms with Crippen molar-refractivity contribution in [2.24, 2.45) is 0 Å². The van der Waals surface area contributed by atoms with Gasteiger partial charge < -0.3 is 9.64 Å². The second-order valence-corrected chi connectivity index (χ2v) is 8.52. The van der Waals surface area contributed by atoms with Gasteiger partial charge in [-0.1, -0.05) is 29.3 Å². The average Bonchev–Trinajstić information content (AvgIpc) is 3.09. The van der Waals surface area contributed by atoms with E-state index in [0.29, 0.717) is 42.6 Å². The SMILES string of the molecule is Cc1ccc(C(=O)N(CCN2CCOCC2)C2CC(=O)N(c3ccc(Cl)cc3)C2=O)cc1. The number of carbonyl (C=O) groups excluding carboxylic acids is 3. The lowest BCUT2D eigenvalue weighted by Gasteiger charge is -2.32. The van der Waals surface area contributed by atoms with Crippen LogP contribution in [-0.2, 0) is 14.3 Å². The fourth-order valence-electron chi connectivity index (χ4n) is 4.06. The highest BCUT2D eigenvalue weighted by Crippen LogP contribution is 2.28. The molecule has 2 fully saturated rings.